The van der Waals surface area contributed by atoms with Crippen LogP contribution in [-0.4, -0.2) is 53.0 Å². The van der Waals surface area contributed by atoms with Crippen LogP contribution in [0.4, 0.5) is 19.0 Å². The zero-order valence-corrected chi connectivity index (χ0v) is 18.1. The summed E-state index contributed by atoms with van der Waals surface area (Å²) in [6, 6.07) is 12.3. The number of fused-ring (bicyclic) bond motifs is 1. The summed E-state index contributed by atoms with van der Waals surface area (Å²) in [7, 11) is 0. The molecule has 1 saturated heterocycles. The van der Waals surface area contributed by atoms with Gasteiger partial charge in [-0.05, 0) is 24.6 Å². The number of nitriles is 1. The number of alkyl halides is 3. The Balaban J connectivity index is 1.43. The summed E-state index contributed by atoms with van der Waals surface area (Å²) >= 11 is 0. The van der Waals surface area contributed by atoms with Crippen molar-refractivity contribution in [3.8, 4) is 6.07 Å². The van der Waals surface area contributed by atoms with E-state index in [1.807, 2.05) is 39.9 Å². The van der Waals surface area contributed by atoms with Crippen LogP contribution in [0.2, 0.25) is 0 Å². The van der Waals surface area contributed by atoms with E-state index in [-0.39, 0.29) is 12.3 Å². The van der Waals surface area contributed by atoms with E-state index in [4.69, 9.17) is 5.26 Å². The third kappa shape index (κ3) is 5.17. The van der Waals surface area contributed by atoms with E-state index in [9.17, 15) is 18.0 Å². The molecule has 3 heterocycles. The first-order valence-electron chi connectivity index (χ1n) is 10.9. The minimum Gasteiger partial charge on any atom is -0.355 e. The van der Waals surface area contributed by atoms with Crippen molar-refractivity contribution in [1.82, 2.24) is 14.5 Å². The molecular formula is C24H24F3N5O. The summed E-state index contributed by atoms with van der Waals surface area (Å²) in [6.45, 7) is 3.37. The Hall–Kier alpha value is -3.38. The van der Waals surface area contributed by atoms with Gasteiger partial charge in [-0.3, -0.25) is 9.69 Å². The van der Waals surface area contributed by atoms with Crippen LogP contribution in [0.3, 0.4) is 0 Å². The number of nitrogens with zero attached hydrogens (tertiary/aromatic N) is 5. The molecule has 0 unspecified atom stereocenters. The second kappa shape index (κ2) is 9.63. The van der Waals surface area contributed by atoms with E-state index in [1.165, 1.54) is 6.07 Å². The fourth-order valence-corrected chi connectivity index (χ4v) is 4.21. The Labute approximate surface area is 189 Å². The summed E-state index contributed by atoms with van der Waals surface area (Å²) in [5.74, 6) is 0.528. The maximum atomic E-state index is 13.2. The number of carbonyl (C=O) groups is 1. The van der Waals surface area contributed by atoms with E-state index in [1.54, 1.807) is 0 Å². The first-order valence-corrected chi connectivity index (χ1v) is 10.9. The highest BCUT2D eigenvalue weighted by Gasteiger charge is 2.31. The number of hydrogen-bond acceptors (Lipinski definition) is 5. The standard InChI is InChI=1S/C24H24F3N5O/c25-24(26,27)18-7-8-23(29-15-18)31-12-4-10-30(13-14-31)17-22(33)20-16-32(11-3-9-28)21-6-2-1-5-19(20)21/h1-2,5-8,15-16H,3-4,10-14,17H2. The lowest BCUT2D eigenvalue weighted by Gasteiger charge is -2.22. The Morgan fingerprint density at radius 1 is 1.09 bits per heavy atom. The highest BCUT2D eigenvalue weighted by molar-refractivity contribution is 6.09. The monoisotopic (exact) mass is 455 g/mol. The van der Waals surface area contributed by atoms with Crippen LogP contribution in [0.15, 0.2) is 48.8 Å². The minimum absolute atomic E-state index is 0.0167. The van der Waals surface area contributed by atoms with Crippen molar-refractivity contribution in [2.24, 2.45) is 0 Å². The van der Waals surface area contributed by atoms with Crippen molar-refractivity contribution >= 4 is 22.5 Å². The molecule has 2 aromatic heterocycles. The maximum Gasteiger partial charge on any atom is 0.417 e. The number of Topliss-reactive ketones (excluding diaryl/α,β-unsaturated/α-hetero) is 1. The van der Waals surface area contributed by atoms with Gasteiger partial charge in [-0.15, -0.1) is 0 Å². The molecule has 9 heteroatoms. The first-order chi connectivity index (χ1) is 15.9. The Morgan fingerprint density at radius 2 is 1.91 bits per heavy atom. The van der Waals surface area contributed by atoms with Gasteiger partial charge in [0.15, 0.2) is 5.78 Å². The highest BCUT2D eigenvalue weighted by Crippen LogP contribution is 2.29. The predicted molar refractivity (Wildman–Crippen MR) is 119 cm³/mol. The average molecular weight is 455 g/mol. The number of aromatic nitrogens is 2. The molecule has 0 bridgehead atoms. The lowest BCUT2D eigenvalue weighted by Crippen LogP contribution is -2.34. The molecule has 0 spiro atoms. The zero-order valence-electron chi connectivity index (χ0n) is 18.1. The fourth-order valence-electron chi connectivity index (χ4n) is 4.21. The van der Waals surface area contributed by atoms with E-state index in [2.05, 4.69) is 16.0 Å². The van der Waals surface area contributed by atoms with Gasteiger partial charge in [-0.1, -0.05) is 18.2 Å². The Bertz CT molecular complexity index is 1160. The summed E-state index contributed by atoms with van der Waals surface area (Å²) in [5, 5.41) is 9.80. The molecule has 0 saturated carbocycles. The van der Waals surface area contributed by atoms with Crippen molar-refractivity contribution in [3.63, 3.8) is 0 Å². The molecule has 0 radical (unpaired) electrons. The second-order valence-electron chi connectivity index (χ2n) is 8.10. The van der Waals surface area contributed by atoms with Gasteiger partial charge < -0.3 is 9.47 Å². The number of ketones is 1. The van der Waals surface area contributed by atoms with Crippen LogP contribution in [0.25, 0.3) is 10.9 Å². The van der Waals surface area contributed by atoms with Crippen molar-refractivity contribution < 1.29 is 18.0 Å². The van der Waals surface area contributed by atoms with Crippen molar-refractivity contribution in [2.75, 3.05) is 37.6 Å². The van der Waals surface area contributed by atoms with Gasteiger partial charge in [0.25, 0.3) is 0 Å². The molecule has 4 rings (SSSR count). The van der Waals surface area contributed by atoms with Crippen molar-refractivity contribution in [2.45, 2.75) is 25.6 Å². The number of rotatable bonds is 6. The van der Waals surface area contributed by atoms with Gasteiger partial charge >= 0.3 is 6.18 Å². The van der Waals surface area contributed by atoms with Crippen LogP contribution < -0.4 is 4.90 Å². The number of carbonyl (C=O) groups excluding carboxylic acids is 1. The number of pyridine rings is 1. The van der Waals surface area contributed by atoms with Crippen LogP contribution >= 0.6 is 0 Å². The molecule has 0 aliphatic carbocycles. The zero-order chi connectivity index (χ0) is 23.4. The molecule has 3 aromatic rings. The van der Waals surface area contributed by atoms with Crippen LogP contribution in [0.5, 0.6) is 0 Å². The van der Waals surface area contributed by atoms with E-state index < -0.39 is 11.7 Å². The minimum atomic E-state index is -4.40. The highest BCUT2D eigenvalue weighted by atomic mass is 19.4. The molecule has 1 aliphatic heterocycles. The summed E-state index contributed by atoms with van der Waals surface area (Å²) in [4.78, 5) is 21.2. The number of aryl methyl sites for hydroxylation is 1. The van der Waals surface area contributed by atoms with Gasteiger partial charge in [0, 0.05) is 61.6 Å². The lowest BCUT2D eigenvalue weighted by molar-refractivity contribution is -0.137. The molecule has 0 amide bonds. The normalized spacial score (nSPS) is 15.4. The number of benzene rings is 1. The van der Waals surface area contributed by atoms with Gasteiger partial charge in [0.05, 0.1) is 24.6 Å². The van der Waals surface area contributed by atoms with Gasteiger partial charge in [0.1, 0.15) is 5.82 Å². The van der Waals surface area contributed by atoms with Crippen LogP contribution in [0, 0.1) is 11.3 Å². The molecule has 1 fully saturated rings. The molecule has 1 aromatic carbocycles. The fraction of sp³-hybridized carbons (Fsp3) is 0.375. The van der Waals surface area contributed by atoms with E-state index >= 15 is 0 Å². The molecule has 172 valence electrons. The van der Waals surface area contributed by atoms with Crippen LogP contribution in [-0.2, 0) is 12.7 Å². The number of anilines is 1. The van der Waals surface area contributed by atoms with Crippen molar-refractivity contribution in [1.29, 1.82) is 5.26 Å². The van der Waals surface area contributed by atoms with E-state index in [0.29, 0.717) is 44.0 Å². The topological polar surface area (TPSA) is 65.2 Å². The van der Waals surface area contributed by atoms with Gasteiger partial charge in [-0.2, -0.15) is 18.4 Å². The molecular weight excluding hydrogens is 431 g/mol. The molecule has 0 N–H and O–H groups in total. The smallest absolute Gasteiger partial charge is 0.355 e. The first kappa shape index (κ1) is 22.8. The summed E-state index contributed by atoms with van der Waals surface area (Å²) in [6.07, 6.45) is -0.560. The quantitative estimate of drug-likeness (QED) is 0.517. The van der Waals surface area contributed by atoms with Crippen LogP contribution in [0.1, 0.15) is 28.8 Å². The van der Waals surface area contributed by atoms with Crippen molar-refractivity contribution in [3.05, 3.63) is 59.9 Å². The SMILES string of the molecule is N#CCCn1cc(C(=O)CN2CCCN(c3ccc(C(F)(F)F)cn3)CC2)c2ccccc21. The molecule has 6 nitrogen and oxygen atoms in total. The predicted octanol–water partition coefficient (Wildman–Crippen LogP) is 4.36. The third-order valence-corrected chi connectivity index (χ3v) is 5.91. The van der Waals surface area contributed by atoms with E-state index in [0.717, 1.165) is 36.1 Å². The summed E-state index contributed by atoms with van der Waals surface area (Å²) in [5.41, 5.74) is 0.822. The number of hydrogen-bond donors (Lipinski definition) is 0. The Morgan fingerprint density at radius 3 is 2.64 bits per heavy atom. The van der Waals surface area contributed by atoms with Gasteiger partial charge in [-0.25, -0.2) is 4.98 Å². The number of para-hydroxylation sites is 1. The molecule has 1 aliphatic rings. The average Bonchev–Trinajstić information content (AvgIpc) is 3.01. The third-order valence-electron chi connectivity index (χ3n) is 5.91. The Kier molecular flexibility index (Phi) is 6.65. The molecule has 0 atom stereocenters. The van der Waals surface area contributed by atoms with Gasteiger partial charge in [0.2, 0.25) is 0 Å². The molecule has 33 heavy (non-hydrogen) atoms. The largest absolute Gasteiger partial charge is 0.417 e. The second-order valence-corrected chi connectivity index (χ2v) is 8.10. The lowest BCUT2D eigenvalue weighted by atomic mass is 10.1. The summed E-state index contributed by atoms with van der Waals surface area (Å²) < 4.78 is 40.3. The number of halogens is 3. The maximum absolute atomic E-state index is 13.2.